The van der Waals surface area contributed by atoms with E-state index in [1.165, 1.54) is 11.3 Å². The van der Waals surface area contributed by atoms with Crippen LogP contribution >= 0.6 is 11.3 Å². The van der Waals surface area contributed by atoms with Crippen LogP contribution in [0, 0.1) is 11.6 Å². The third-order valence-electron chi connectivity index (χ3n) is 3.69. The maximum atomic E-state index is 13.7. The summed E-state index contributed by atoms with van der Waals surface area (Å²) < 4.78 is 53.9. The van der Waals surface area contributed by atoms with Gasteiger partial charge in [-0.3, -0.25) is 0 Å². The van der Waals surface area contributed by atoms with Crippen LogP contribution in [0.25, 0.3) is 0 Å². The molecular weight excluding hydrogens is 380 g/mol. The minimum Gasteiger partial charge on any atom is -0.383 e. The molecular formula is C18H15F2NO3S2. The van der Waals surface area contributed by atoms with Crippen LogP contribution in [-0.2, 0) is 16.6 Å². The molecule has 1 heterocycles. The standard InChI is InChI=1S/C18H15F2NO3S2/c19-14-7-4-8-15(20)18(14)26(23,24)21-11-13-9-10-16(25-13)17(22)12-5-2-1-3-6-12/h1-10,17,21-22H,11H2. The fourth-order valence-electron chi connectivity index (χ4n) is 2.41. The van der Waals surface area contributed by atoms with Crippen LogP contribution in [0.1, 0.15) is 21.4 Å². The zero-order chi connectivity index (χ0) is 18.7. The normalized spacial score (nSPS) is 12.9. The first-order valence-electron chi connectivity index (χ1n) is 7.64. The third kappa shape index (κ3) is 3.99. The summed E-state index contributed by atoms with van der Waals surface area (Å²) in [6.07, 6.45) is -0.824. The molecule has 3 aromatic rings. The second-order valence-corrected chi connectivity index (χ2v) is 8.40. The first-order chi connectivity index (χ1) is 12.4. The van der Waals surface area contributed by atoms with Gasteiger partial charge in [0, 0.05) is 16.3 Å². The van der Waals surface area contributed by atoms with Gasteiger partial charge in [-0.15, -0.1) is 11.3 Å². The highest BCUT2D eigenvalue weighted by atomic mass is 32.2. The fourth-order valence-corrected chi connectivity index (χ4v) is 4.61. The number of aliphatic hydroxyl groups is 1. The number of hydrogen-bond donors (Lipinski definition) is 2. The molecule has 0 aliphatic heterocycles. The lowest BCUT2D eigenvalue weighted by atomic mass is 10.1. The number of nitrogens with one attached hydrogen (secondary N) is 1. The number of hydrogen-bond acceptors (Lipinski definition) is 4. The number of rotatable bonds is 6. The zero-order valence-electron chi connectivity index (χ0n) is 13.4. The van der Waals surface area contributed by atoms with Crippen molar-refractivity contribution in [2.75, 3.05) is 0 Å². The Morgan fingerprint density at radius 3 is 2.27 bits per heavy atom. The second kappa shape index (κ2) is 7.63. The van der Waals surface area contributed by atoms with Gasteiger partial charge in [-0.1, -0.05) is 36.4 Å². The lowest BCUT2D eigenvalue weighted by Gasteiger charge is -2.09. The van der Waals surface area contributed by atoms with Crippen molar-refractivity contribution >= 4 is 21.4 Å². The van der Waals surface area contributed by atoms with E-state index in [2.05, 4.69) is 4.72 Å². The predicted molar refractivity (Wildman–Crippen MR) is 95.2 cm³/mol. The maximum Gasteiger partial charge on any atom is 0.246 e. The largest absolute Gasteiger partial charge is 0.383 e. The Hall–Kier alpha value is -2.13. The fraction of sp³-hybridized carbons (Fsp3) is 0.111. The van der Waals surface area contributed by atoms with Crippen LogP contribution in [0.2, 0.25) is 0 Å². The first kappa shape index (κ1) is 18.7. The Kier molecular flexibility index (Phi) is 5.47. The van der Waals surface area contributed by atoms with Gasteiger partial charge in [0.25, 0.3) is 0 Å². The molecule has 3 rings (SSSR count). The van der Waals surface area contributed by atoms with E-state index in [1.54, 1.807) is 24.3 Å². The number of thiophene rings is 1. The topological polar surface area (TPSA) is 66.4 Å². The highest BCUT2D eigenvalue weighted by Gasteiger charge is 2.23. The Labute approximate surface area is 153 Å². The molecule has 1 unspecified atom stereocenters. The van der Waals surface area contributed by atoms with Gasteiger partial charge < -0.3 is 5.11 Å². The van der Waals surface area contributed by atoms with Gasteiger partial charge in [0.05, 0.1) is 0 Å². The molecule has 1 atom stereocenters. The first-order valence-corrected chi connectivity index (χ1v) is 9.94. The molecule has 2 aromatic carbocycles. The molecule has 0 amide bonds. The SMILES string of the molecule is O=S(=O)(NCc1ccc(C(O)c2ccccc2)s1)c1c(F)cccc1F. The van der Waals surface area contributed by atoms with Gasteiger partial charge in [0.15, 0.2) is 4.90 Å². The van der Waals surface area contributed by atoms with Crippen LogP contribution in [0.3, 0.4) is 0 Å². The van der Waals surface area contributed by atoms with Crippen molar-refractivity contribution in [2.45, 2.75) is 17.5 Å². The lowest BCUT2D eigenvalue weighted by molar-refractivity contribution is 0.224. The van der Waals surface area contributed by atoms with Crippen LogP contribution in [0.4, 0.5) is 8.78 Å². The molecule has 0 saturated heterocycles. The summed E-state index contributed by atoms with van der Waals surface area (Å²) >= 11 is 1.22. The molecule has 136 valence electrons. The van der Waals surface area contributed by atoms with Gasteiger partial charge in [-0.05, 0) is 29.8 Å². The predicted octanol–water partition coefficient (Wildman–Crippen LogP) is 3.59. The van der Waals surface area contributed by atoms with Gasteiger partial charge in [-0.2, -0.15) is 0 Å². The van der Waals surface area contributed by atoms with Crippen LogP contribution in [-0.4, -0.2) is 13.5 Å². The van der Waals surface area contributed by atoms with Crippen molar-refractivity contribution in [1.29, 1.82) is 0 Å². The highest BCUT2D eigenvalue weighted by Crippen LogP contribution is 2.28. The molecule has 1 aromatic heterocycles. The van der Waals surface area contributed by atoms with Gasteiger partial charge in [0.2, 0.25) is 10.0 Å². The summed E-state index contributed by atoms with van der Waals surface area (Å²) in [6, 6.07) is 15.2. The summed E-state index contributed by atoms with van der Waals surface area (Å²) in [5, 5.41) is 10.4. The van der Waals surface area contributed by atoms with Crippen molar-refractivity contribution in [3.63, 3.8) is 0 Å². The Balaban J connectivity index is 1.74. The molecule has 2 N–H and O–H groups in total. The second-order valence-electron chi connectivity index (χ2n) is 5.49. The van der Waals surface area contributed by atoms with E-state index in [9.17, 15) is 22.3 Å². The third-order valence-corrected chi connectivity index (χ3v) is 6.28. The minimum absolute atomic E-state index is 0.137. The van der Waals surface area contributed by atoms with Crippen molar-refractivity contribution in [3.05, 3.63) is 87.6 Å². The molecule has 0 spiro atoms. The van der Waals surface area contributed by atoms with Crippen LogP contribution < -0.4 is 4.72 Å². The highest BCUT2D eigenvalue weighted by molar-refractivity contribution is 7.89. The summed E-state index contributed by atoms with van der Waals surface area (Å²) in [5.41, 5.74) is 0.718. The maximum absolute atomic E-state index is 13.7. The van der Waals surface area contributed by atoms with E-state index in [0.717, 1.165) is 23.8 Å². The Morgan fingerprint density at radius 1 is 0.962 bits per heavy atom. The molecule has 0 radical (unpaired) electrons. The number of sulfonamides is 1. The Bertz CT molecular complexity index is 984. The summed E-state index contributed by atoms with van der Waals surface area (Å²) in [4.78, 5) is 0.249. The van der Waals surface area contributed by atoms with Crippen LogP contribution in [0.5, 0.6) is 0 Å². The molecule has 26 heavy (non-hydrogen) atoms. The van der Waals surface area contributed by atoms with Crippen molar-refractivity contribution in [2.24, 2.45) is 0 Å². The van der Waals surface area contributed by atoms with Crippen molar-refractivity contribution in [1.82, 2.24) is 4.72 Å². The minimum atomic E-state index is -4.34. The number of halogens is 2. The number of benzene rings is 2. The van der Waals surface area contributed by atoms with E-state index < -0.39 is 32.7 Å². The van der Waals surface area contributed by atoms with Crippen molar-refractivity contribution in [3.8, 4) is 0 Å². The molecule has 4 nitrogen and oxygen atoms in total. The van der Waals surface area contributed by atoms with Crippen LogP contribution in [0.15, 0.2) is 65.6 Å². The van der Waals surface area contributed by atoms with Gasteiger partial charge in [0.1, 0.15) is 17.7 Å². The van der Waals surface area contributed by atoms with E-state index in [4.69, 9.17) is 0 Å². The smallest absolute Gasteiger partial charge is 0.246 e. The van der Waals surface area contributed by atoms with E-state index in [0.29, 0.717) is 9.75 Å². The summed E-state index contributed by atoms with van der Waals surface area (Å²) in [7, 11) is -4.34. The van der Waals surface area contributed by atoms with E-state index in [-0.39, 0.29) is 6.54 Å². The van der Waals surface area contributed by atoms with E-state index >= 15 is 0 Å². The summed E-state index contributed by atoms with van der Waals surface area (Å²) in [5.74, 6) is -2.30. The van der Waals surface area contributed by atoms with Crippen molar-refractivity contribution < 1.29 is 22.3 Å². The molecule has 0 aliphatic rings. The monoisotopic (exact) mass is 395 g/mol. The molecule has 0 aliphatic carbocycles. The lowest BCUT2D eigenvalue weighted by Crippen LogP contribution is -2.24. The van der Waals surface area contributed by atoms with Gasteiger partial charge in [-0.25, -0.2) is 21.9 Å². The van der Waals surface area contributed by atoms with E-state index in [1.807, 2.05) is 18.2 Å². The molecule has 0 fully saturated rings. The molecule has 8 heteroatoms. The summed E-state index contributed by atoms with van der Waals surface area (Å²) in [6.45, 7) is -0.137. The molecule has 0 bridgehead atoms. The average Bonchev–Trinajstić information content (AvgIpc) is 3.09. The quantitative estimate of drug-likeness (QED) is 0.670. The van der Waals surface area contributed by atoms with Gasteiger partial charge >= 0.3 is 0 Å². The zero-order valence-corrected chi connectivity index (χ0v) is 15.0. The Morgan fingerprint density at radius 2 is 1.62 bits per heavy atom. The molecule has 0 saturated carbocycles. The number of aliphatic hydroxyl groups excluding tert-OH is 1. The average molecular weight is 395 g/mol.